The molecule has 0 bridgehead atoms. The maximum atomic E-state index is 12.4. The molecule has 1 atom stereocenters. The number of methoxy groups -OCH3 is 1. The second-order valence-electron chi connectivity index (χ2n) is 6.19. The molecule has 4 heteroatoms. The third kappa shape index (κ3) is 3.70. The molecule has 0 aliphatic carbocycles. The van der Waals surface area contributed by atoms with Gasteiger partial charge in [0.05, 0.1) is 13.0 Å². The molecule has 1 N–H and O–H groups in total. The molecule has 2 aromatic rings. The summed E-state index contributed by atoms with van der Waals surface area (Å²) in [7, 11) is 1.63. The molecule has 1 heterocycles. The average molecular weight is 325 g/mol. The second kappa shape index (κ2) is 7.39. The first-order chi connectivity index (χ1) is 11.7. The molecule has 126 valence electrons. The molecule has 0 saturated heterocycles. The van der Waals surface area contributed by atoms with Crippen LogP contribution in [0.2, 0.25) is 0 Å². The molecule has 1 aliphatic heterocycles. The fourth-order valence-electron chi connectivity index (χ4n) is 3.07. The van der Waals surface area contributed by atoms with Crippen molar-refractivity contribution >= 4 is 5.91 Å². The van der Waals surface area contributed by atoms with Crippen LogP contribution in [-0.4, -0.2) is 26.2 Å². The lowest BCUT2D eigenvalue weighted by atomic mass is 9.95. The van der Waals surface area contributed by atoms with Crippen LogP contribution in [0, 0.1) is 12.8 Å². The van der Waals surface area contributed by atoms with E-state index in [9.17, 15) is 4.79 Å². The van der Waals surface area contributed by atoms with Gasteiger partial charge in [0.15, 0.2) is 11.5 Å². The van der Waals surface area contributed by atoms with E-state index in [0.29, 0.717) is 19.6 Å². The van der Waals surface area contributed by atoms with Crippen molar-refractivity contribution in [1.29, 1.82) is 0 Å². The van der Waals surface area contributed by atoms with Gasteiger partial charge in [-0.3, -0.25) is 4.79 Å². The number of nitrogens with one attached hydrogen (secondary N) is 1. The van der Waals surface area contributed by atoms with Crippen molar-refractivity contribution in [2.45, 2.75) is 19.8 Å². The number of fused-ring (bicyclic) bond motifs is 1. The van der Waals surface area contributed by atoms with Gasteiger partial charge in [-0.1, -0.05) is 42.0 Å². The summed E-state index contributed by atoms with van der Waals surface area (Å²) in [6.45, 7) is 3.11. The lowest BCUT2D eigenvalue weighted by Gasteiger charge is -2.25. The maximum absolute atomic E-state index is 12.4. The van der Waals surface area contributed by atoms with Crippen LogP contribution in [0.3, 0.4) is 0 Å². The normalized spacial score (nSPS) is 16.0. The molecule has 0 aromatic heterocycles. The minimum Gasteiger partial charge on any atom is -0.493 e. The number of benzene rings is 2. The van der Waals surface area contributed by atoms with Gasteiger partial charge in [0.2, 0.25) is 5.91 Å². The third-order valence-electron chi connectivity index (χ3n) is 4.34. The van der Waals surface area contributed by atoms with Gasteiger partial charge in [-0.15, -0.1) is 0 Å². The van der Waals surface area contributed by atoms with Gasteiger partial charge in [0.25, 0.3) is 0 Å². The van der Waals surface area contributed by atoms with Crippen LogP contribution < -0.4 is 14.8 Å². The Morgan fingerprint density at radius 2 is 2.12 bits per heavy atom. The molecule has 3 rings (SSSR count). The van der Waals surface area contributed by atoms with Gasteiger partial charge < -0.3 is 14.8 Å². The maximum Gasteiger partial charge on any atom is 0.226 e. The first-order valence-corrected chi connectivity index (χ1v) is 8.29. The quantitative estimate of drug-likeness (QED) is 0.919. The molecule has 1 amide bonds. The largest absolute Gasteiger partial charge is 0.493 e. The highest BCUT2D eigenvalue weighted by atomic mass is 16.5. The smallest absolute Gasteiger partial charge is 0.226 e. The number of amides is 1. The Labute approximate surface area is 142 Å². The summed E-state index contributed by atoms with van der Waals surface area (Å²) in [5.41, 5.74) is 3.51. The van der Waals surface area contributed by atoms with E-state index in [1.165, 1.54) is 11.1 Å². The van der Waals surface area contributed by atoms with E-state index >= 15 is 0 Å². The molecule has 2 aromatic carbocycles. The summed E-state index contributed by atoms with van der Waals surface area (Å²) in [6, 6.07) is 14.2. The summed E-state index contributed by atoms with van der Waals surface area (Å²) in [5, 5.41) is 3.03. The molecule has 24 heavy (non-hydrogen) atoms. The number of para-hydroxylation sites is 1. The Balaban J connectivity index is 1.54. The lowest BCUT2D eigenvalue weighted by Crippen LogP contribution is -2.38. The van der Waals surface area contributed by atoms with Crippen molar-refractivity contribution in [3.05, 3.63) is 59.2 Å². The summed E-state index contributed by atoms with van der Waals surface area (Å²) in [5.74, 6) is 1.40. The topological polar surface area (TPSA) is 47.6 Å². The van der Waals surface area contributed by atoms with Crippen molar-refractivity contribution in [1.82, 2.24) is 5.32 Å². The molecule has 0 saturated carbocycles. The monoisotopic (exact) mass is 325 g/mol. The zero-order valence-corrected chi connectivity index (χ0v) is 14.2. The Morgan fingerprint density at radius 1 is 1.29 bits per heavy atom. The van der Waals surface area contributed by atoms with E-state index in [0.717, 1.165) is 23.5 Å². The number of rotatable bonds is 5. The Bertz CT molecular complexity index is 727. The summed E-state index contributed by atoms with van der Waals surface area (Å²) >= 11 is 0. The molecule has 0 unspecified atom stereocenters. The fourth-order valence-corrected chi connectivity index (χ4v) is 3.07. The van der Waals surface area contributed by atoms with E-state index in [-0.39, 0.29) is 11.8 Å². The zero-order valence-electron chi connectivity index (χ0n) is 14.2. The Kier molecular flexibility index (Phi) is 5.04. The number of ether oxygens (including phenoxy) is 2. The van der Waals surface area contributed by atoms with Crippen molar-refractivity contribution in [2.75, 3.05) is 20.3 Å². The van der Waals surface area contributed by atoms with Gasteiger partial charge in [-0.2, -0.15) is 0 Å². The van der Waals surface area contributed by atoms with Crippen LogP contribution in [-0.2, 0) is 17.6 Å². The molecule has 0 spiro atoms. The molecule has 4 nitrogen and oxygen atoms in total. The number of aryl methyl sites for hydroxylation is 1. The predicted molar refractivity (Wildman–Crippen MR) is 93.6 cm³/mol. The number of hydrogen-bond donors (Lipinski definition) is 1. The van der Waals surface area contributed by atoms with Crippen LogP contribution in [0.5, 0.6) is 11.5 Å². The minimum absolute atomic E-state index is 0.0520. The van der Waals surface area contributed by atoms with Crippen molar-refractivity contribution < 1.29 is 14.3 Å². The fraction of sp³-hybridized carbons (Fsp3) is 0.350. The summed E-state index contributed by atoms with van der Waals surface area (Å²) < 4.78 is 11.1. The van der Waals surface area contributed by atoms with Crippen LogP contribution in [0.1, 0.15) is 16.7 Å². The molecular formula is C20H23NO3. The predicted octanol–water partition coefficient (Wildman–Crippen LogP) is 2.91. The van der Waals surface area contributed by atoms with Gasteiger partial charge in [-0.25, -0.2) is 0 Å². The van der Waals surface area contributed by atoms with E-state index in [2.05, 4.69) is 30.4 Å². The standard InChI is InChI=1S/C20H23NO3/c1-14-5-3-6-15(11-14)9-10-21-20(22)17-12-16-7-4-8-18(23-2)19(16)24-13-17/h3-8,11,17H,9-10,12-13H2,1-2H3,(H,21,22)/t17-/m1/s1. The number of carbonyl (C=O) groups is 1. The number of carbonyl (C=O) groups excluding carboxylic acids is 1. The van der Waals surface area contributed by atoms with Crippen LogP contribution in [0.25, 0.3) is 0 Å². The summed E-state index contributed by atoms with van der Waals surface area (Å²) in [4.78, 5) is 12.4. The van der Waals surface area contributed by atoms with E-state index in [4.69, 9.17) is 9.47 Å². The third-order valence-corrected chi connectivity index (χ3v) is 4.34. The van der Waals surface area contributed by atoms with Crippen molar-refractivity contribution in [3.8, 4) is 11.5 Å². The highest BCUT2D eigenvalue weighted by molar-refractivity contribution is 5.79. The van der Waals surface area contributed by atoms with Crippen LogP contribution in [0.4, 0.5) is 0 Å². The van der Waals surface area contributed by atoms with Gasteiger partial charge in [-0.05, 0) is 37.0 Å². The average Bonchev–Trinajstić information content (AvgIpc) is 2.60. The van der Waals surface area contributed by atoms with Gasteiger partial charge >= 0.3 is 0 Å². The highest BCUT2D eigenvalue weighted by Gasteiger charge is 2.27. The first-order valence-electron chi connectivity index (χ1n) is 8.29. The Hall–Kier alpha value is -2.49. The Morgan fingerprint density at radius 3 is 2.92 bits per heavy atom. The van der Waals surface area contributed by atoms with Crippen molar-refractivity contribution in [3.63, 3.8) is 0 Å². The zero-order chi connectivity index (χ0) is 16.9. The summed E-state index contributed by atoms with van der Waals surface area (Å²) in [6.07, 6.45) is 1.52. The molecular weight excluding hydrogens is 302 g/mol. The van der Waals surface area contributed by atoms with E-state index < -0.39 is 0 Å². The number of hydrogen-bond acceptors (Lipinski definition) is 3. The SMILES string of the molecule is COc1cccc2c1OC[C@H](C(=O)NCCc1cccc(C)c1)C2. The van der Waals surface area contributed by atoms with E-state index in [1.807, 2.05) is 24.3 Å². The van der Waals surface area contributed by atoms with Crippen molar-refractivity contribution in [2.24, 2.45) is 5.92 Å². The van der Waals surface area contributed by atoms with Crippen LogP contribution >= 0.6 is 0 Å². The van der Waals surface area contributed by atoms with E-state index in [1.54, 1.807) is 7.11 Å². The molecule has 0 fully saturated rings. The van der Waals surface area contributed by atoms with Crippen LogP contribution in [0.15, 0.2) is 42.5 Å². The lowest BCUT2D eigenvalue weighted by molar-refractivity contribution is -0.126. The second-order valence-corrected chi connectivity index (χ2v) is 6.19. The highest BCUT2D eigenvalue weighted by Crippen LogP contribution is 2.35. The van der Waals surface area contributed by atoms with Gasteiger partial charge in [0.1, 0.15) is 6.61 Å². The minimum atomic E-state index is -0.151. The molecule has 0 radical (unpaired) electrons. The van der Waals surface area contributed by atoms with Gasteiger partial charge in [0, 0.05) is 6.54 Å². The molecule has 1 aliphatic rings. The first kappa shape index (κ1) is 16.4.